The van der Waals surface area contributed by atoms with Crippen molar-refractivity contribution in [1.82, 2.24) is 14.8 Å². The van der Waals surface area contributed by atoms with Crippen LogP contribution in [-0.4, -0.2) is 78.7 Å². The molecule has 0 spiro atoms. The van der Waals surface area contributed by atoms with Gasteiger partial charge in [-0.2, -0.15) is 13.2 Å². The molecule has 1 atom stereocenters. The zero-order valence-electron chi connectivity index (χ0n) is 28.1. The molecule has 0 saturated carbocycles. The number of likely N-dealkylation sites (tertiary alicyclic amines) is 1. The van der Waals surface area contributed by atoms with Gasteiger partial charge in [-0.3, -0.25) is 9.69 Å². The van der Waals surface area contributed by atoms with Gasteiger partial charge in [0.2, 0.25) is 0 Å². The topological polar surface area (TPSA) is 139 Å². The molecule has 15 heteroatoms. The van der Waals surface area contributed by atoms with Crippen LogP contribution in [-0.2, 0) is 10.9 Å². The summed E-state index contributed by atoms with van der Waals surface area (Å²) in [6.07, 6.45) is -0.510. The number of anilines is 2. The molecule has 1 saturated heterocycles. The van der Waals surface area contributed by atoms with Crippen molar-refractivity contribution in [3.63, 3.8) is 0 Å². The lowest BCUT2D eigenvalue weighted by molar-refractivity contribution is -0.138. The number of carbonyl (C=O) groups is 2. The average molecular weight is 702 g/mol. The summed E-state index contributed by atoms with van der Waals surface area (Å²) in [6.45, 7) is 7.12. The van der Waals surface area contributed by atoms with E-state index in [4.69, 9.17) is 20.9 Å². The lowest BCUT2D eigenvalue weighted by Crippen LogP contribution is -2.42. The molecule has 11 nitrogen and oxygen atoms in total. The minimum absolute atomic E-state index is 0.00578. The molecule has 1 aliphatic rings. The molecular formula is C34H42F3N7O4S. The standard InChI is InChI=1S/C34H42F3N7O4S/c1-33(2,3)48-32(46)43(5)23-14-16-44(20-23)18-17-42(4)29-25(40-30(45)26-21-49-31(41-26)22(19-39)13-15-38)11-12-27(28(29)34(35,36)37)47-24-9-7-6-8-10-24/h6-13,15,19,21,23H,14,16-18,20,38-39H2,1-5H3,(H,40,45)/b15-13-,22-19+/t23-/m1/s1. The van der Waals surface area contributed by atoms with Crippen LogP contribution < -0.4 is 26.4 Å². The van der Waals surface area contributed by atoms with Crippen LogP contribution in [0, 0.1) is 0 Å². The van der Waals surface area contributed by atoms with Crippen molar-refractivity contribution in [3.05, 3.63) is 82.6 Å². The smallest absolute Gasteiger partial charge is 0.422 e. The number of halogens is 3. The number of rotatable bonds is 11. The molecule has 4 rings (SSSR count). The zero-order valence-corrected chi connectivity index (χ0v) is 28.9. The highest BCUT2D eigenvalue weighted by Gasteiger charge is 2.40. The van der Waals surface area contributed by atoms with E-state index in [0.29, 0.717) is 36.6 Å². The summed E-state index contributed by atoms with van der Waals surface area (Å²) >= 11 is 1.14. The summed E-state index contributed by atoms with van der Waals surface area (Å²) in [7, 11) is 3.22. The Hall–Kier alpha value is -4.76. The maximum absolute atomic E-state index is 15.0. The first-order valence-corrected chi connectivity index (χ1v) is 16.4. The van der Waals surface area contributed by atoms with Gasteiger partial charge in [-0.25, -0.2) is 9.78 Å². The third-order valence-corrected chi connectivity index (χ3v) is 8.58. The number of allylic oxidation sites excluding steroid dienone is 2. The van der Waals surface area contributed by atoms with Crippen molar-refractivity contribution in [2.75, 3.05) is 50.5 Å². The first-order valence-electron chi connectivity index (χ1n) is 15.5. The first kappa shape index (κ1) is 37.1. The molecule has 0 bridgehead atoms. The van der Waals surface area contributed by atoms with E-state index in [-0.39, 0.29) is 35.4 Å². The highest BCUT2D eigenvalue weighted by atomic mass is 32.1. The number of nitrogens with zero attached hydrogens (tertiary/aromatic N) is 4. The molecule has 2 heterocycles. The molecule has 5 N–H and O–H groups in total. The molecule has 3 aromatic rings. The average Bonchev–Trinajstić information content (AvgIpc) is 3.72. The maximum Gasteiger partial charge on any atom is 0.422 e. The van der Waals surface area contributed by atoms with Gasteiger partial charge < -0.3 is 36.1 Å². The Balaban J connectivity index is 1.62. The molecule has 1 aromatic heterocycles. The number of amides is 2. The summed E-state index contributed by atoms with van der Waals surface area (Å²) < 4.78 is 56.1. The number of benzene rings is 2. The van der Waals surface area contributed by atoms with Gasteiger partial charge in [0, 0.05) is 63.5 Å². The SMILES string of the molecule is CN(CCN1CC[C@@H](N(C)C(=O)OC(C)(C)C)C1)c1c(NC(=O)c2csc(C(/C=C\N)=C/N)n2)ccc(Oc2ccccc2)c1C(F)(F)F. The Morgan fingerprint density at radius 3 is 2.47 bits per heavy atom. The summed E-state index contributed by atoms with van der Waals surface area (Å²) in [4.78, 5) is 35.4. The van der Waals surface area contributed by atoms with Crippen molar-refractivity contribution in [1.29, 1.82) is 0 Å². The number of ether oxygens (including phenoxy) is 2. The van der Waals surface area contributed by atoms with Crippen LogP contribution in [0.15, 0.2) is 66.3 Å². The van der Waals surface area contributed by atoms with Crippen LogP contribution >= 0.6 is 11.3 Å². The number of likely N-dealkylation sites (N-methyl/N-ethyl adjacent to an activating group) is 2. The molecule has 0 radical (unpaired) electrons. The van der Waals surface area contributed by atoms with Gasteiger partial charge in [0.1, 0.15) is 33.4 Å². The highest BCUT2D eigenvalue weighted by Crippen LogP contribution is 2.47. The van der Waals surface area contributed by atoms with Crippen molar-refractivity contribution < 1.29 is 32.2 Å². The molecule has 1 fully saturated rings. The second kappa shape index (κ2) is 15.6. The molecule has 2 aromatic carbocycles. The van der Waals surface area contributed by atoms with E-state index in [9.17, 15) is 22.8 Å². The van der Waals surface area contributed by atoms with Crippen molar-refractivity contribution in [2.45, 2.75) is 45.0 Å². The quantitative estimate of drug-likeness (QED) is 0.195. The second-order valence-electron chi connectivity index (χ2n) is 12.5. The van der Waals surface area contributed by atoms with Crippen molar-refractivity contribution in [2.24, 2.45) is 11.5 Å². The van der Waals surface area contributed by atoms with Crippen LogP contribution in [0.2, 0.25) is 0 Å². The molecule has 0 aliphatic carbocycles. The number of alkyl halides is 3. The fraction of sp³-hybridized carbons (Fsp3) is 0.382. The second-order valence-corrected chi connectivity index (χ2v) is 13.3. The minimum atomic E-state index is -4.85. The van der Waals surface area contributed by atoms with Gasteiger partial charge >= 0.3 is 12.3 Å². The Morgan fingerprint density at radius 1 is 1.12 bits per heavy atom. The fourth-order valence-corrected chi connectivity index (χ4v) is 6.07. The Morgan fingerprint density at radius 2 is 1.84 bits per heavy atom. The molecule has 0 unspecified atom stereocenters. The predicted molar refractivity (Wildman–Crippen MR) is 186 cm³/mol. The number of hydrogen-bond acceptors (Lipinski definition) is 10. The van der Waals surface area contributed by atoms with Crippen molar-refractivity contribution >= 4 is 40.3 Å². The van der Waals surface area contributed by atoms with Crippen LogP contribution in [0.5, 0.6) is 11.5 Å². The molecular weight excluding hydrogens is 659 g/mol. The third kappa shape index (κ3) is 9.66. The Bertz CT molecular complexity index is 1670. The first-order chi connectivity index (χ1) is 23.1. The third-order valence-electron chi connectivity index (χ3n) is 7.69. The van der Waals surface area contributed by atoms with E-state index in [2.05, 4.69) is 15.2 Å². The monoisotopic (exact) mass is 701 g/mol. The molecule has 264 valence electrons. The van der Waals surface area contributed by atoms with Gasteiger partial charge in [-0.1, -0.05) is 18.2 Å². The number of thiazole rings is 1. The molecule has 49 heavy (non-hydrogen) atoms. The number of para-hydroxylation sites is 1. The van der Waals surface area contributed by atoms with Crippen molar-refractivity contribution in [3.8, 4) is 11.5 Å². The van der Waals surface area contributed by atoms with E-state index in [0.717, 1.165) is 11.3 Å². The predicted octanol–water partition coefficient (Wildman–Crippen LogP) is 6.36. The van der Waals surface area contributed by atoms with E-state index >= 15 is 0 Å². The zero-order chi connectivity index (χ0) is 35.9. The summed E-state index contributed by atoms with van der Waals surface area (Å²) in [6, 6.07) is 10.6. The summed E-state index contributed by atoms with van der Waals surface area (Å²) in [5.41, 5.74) is 9.59. The van der Waals surface area contributed by atoms with Gasteiger partial charge in [0.05, 0.1) is 11.4 Å². The van der Waals surface area contributed by atoms with Gasteiger partial charge in [0.15, 0.2) is 0 Å². The van der Waals surface area contributed by atoms with Gasteiger partial charge in [0.25, 0.3) is 5.91 Å². The van der Waals surface area contributed by atoms with Gasteiger partial charge in [-0.05, 0) is 63.7 Å². The Kier molecular flexibility index (Phi) is 11.8. The minimum Gasteiger partial charge on any atom is -0.457 e. The van der Waals surface area contributed by atoms with Crippen LogP contribution in [0.25, 0.3) is 5.57 Å². The molecule has 2 amide bonds. The number of nitrogens with one attached hydrogen (secondary N) is 1. The molecule has 1 aliphatic heterocycles. The number of nitrogens with two attached hydrogens (primary N) is 2. The van der Waals surface area contributed by atoms with E-state index in [1.54, 1.807) is 63.1 Å². The Labute approximate surface area is 288 Å². The van der Waals surface area contributed by atoms with E-state index in [1.165, 1.54) is 47.9 Å². The summed E-state index contributed by atoms with van der Waals surface area (Å²) in [5, 5.41) is 4.53. The highest BCUT2D eigenvalue weighted by molar-refractivity contribution is 7.11. The fourth-order valence-electron chi connectivity index (χ4n) is 5.26. The van der Waals surface area contributed by atoms with Gasteiger partial charge in [-0.15, -0.1) is 11.3 Å². The maximum atomic E-state index is 15.0. The number of aromatic nitrogens is 1. The summed E-state index contributed by atoms with van der Waals surface area (Å²) in [5.74, 6) is -0.899. The van der Waals surface area contributed by atoms with E-state index < -0.39 is 35.1 Å². The van der Waals surface area contributed by atoms with E-state index in [1.807, 2.05) is 0 Å². The van der Waals surface area contributed by atoms with Crippen LogP contribution in [0.4, 0.5) is 29.3 Å². The number of carbonyl (C=O) groups excluding carboxylic acids is 2. The van der Waals surface area contributed by atoms with Crippen LogP contribution in [0.3, 0.4) is 0 Å². The largest absolute Gasteiger partial charge is 0.457 e. The van der Waals surface area contributed by atoms with Crippen LogP contribution in [0.1, 0.15) is 48.3 Å². The number of hydrogen-bond donors (Lipinski definition) is 3. The lowest BCUT2D eigenvalue weighted by atomic mass is 10.1. The normalized spacial score (nSPS) is 15.8. The lowest BCUT2D eigenvalue weighted by Gasteiger charge is -2.30.